The third-order valence-electron chi connectivity index (χ3n) is 5.79. The molecule has 0 spiro atoms. The molecule has 1 saturated heterocycles. The molecule has 0 radical (unpaired) electrons. The zero-order valence-electron chi connectivity index (χ0n) is 14.3. The Bertz CT molecular complexity index is 453. The van der Waals surface area contributed by atoms with Gasteiger partial charge in [0.1, 0.15) is 0 Å². The van der Waals surface area contributed by atoms with Gasteiger partial charge in [-0.3, -0.25) is 14.5 Å². The Labute approximate surface area is 138 Å². The molecule has 2 aliphatic carbocycles. The number of carbonyl (C=O) groups is 2. The van der Waals surface area contributed by atoms with Gasteiger partial charge in [0.15, 0.2) is 0 Å². The standard InChI is InChI=1S/C18H30N2O3/c1-11-7-12(2)10-20(9-11)16-8-14(5-6-15(16)18(22)23)19-17(21)13-3-4-13/h11-16H,3-10H2,1-2H3,(H,19,21)(H,22,23)/t11-,12-,14?,15?,16?/m0/s1. The van der Waals surface area contributed by atoms with Gasteiger partial charge >= 0.3 is 5.97 Å². The van der Waals surface area contributed by atoms with E-state index in [0.717, 1.165) is 38.8 Å². The Morgan fingerprint density at radius 1 is 1.00 bits per heavy atom. The molecule has 0 aromatic heterocycles. The summed E-state index contributed by atoms with van der Waals surface area (Å²) in [7, 11) is 0. The normalized spacial score (nSPS) is 39.0. The molecule has 1 heterocycles. The molecule has 5 nitrogen and oxygen atoms in total. The smallest absolute Gasteiger partial charge is 0.308 e. The maximum absolute atomic E-state index is 12.0. The van der Waals surface area contributed by atoms with Crippen molar-refractivity contribution in [2.45, 2.75) is 64.5 Å². The number of nitrogens with one attached hydrogen (secondary N) is 1. The van der Waals surface area contributed by atoms with Crippen LogP contribution in [0.1, 0.15) is 52.4 Å². The van der Waals surface area contributed by atoms with E-state index in [0.29, 0.717) is 18.3 Å². The summed E-state index contributed by atoms with van der Waals surface area (Å²) < 4.78 is 0. The van der Waals surface area contributed by atoms with Crippen molar-refractivity contribution in [1.82, 2.24) is 10.2 Å². The van der Waals surface area contributed by atoms with E-state index < -0.39 is 5.97 Å². The molecule has 3 aliphatic rings. The fourth-order valence-corrected chi connectivity index (χ4v) is 4.62. The summed E-state index contributed by atoms with van der Waals surface area (Å²) in [5.74, 6) is 0.683. The highest BCUT2D eigenvalue weighted by Crippen LogP contribution is 2.34. The maximum atomic E-state index is 12.0. The number of carboxylic acid groups (broad SMARTS) is 1. The summed E-state index contributed by atoms with van der Waals surface area (Å²) in [5.41, 5.74) is 0. The van der Waals surface area contributed by atoms with Gasteiger partial charge in [0, 0.05) is 31.1 Å². The van der Waals surface area contributed by atoms with Gasteiger partial charge in [0.2, 0.25) is 5.91 Å². The minimum Gasteiger partial charge on any atom is -0.481 e. The second-order valence-corrected chi connectivity index (χ2v) is 8.20. The van der Waals surface area contributed by atoms with E-state index in [1.165, 1.54) is 6.42 Å². The number of carboxylic acids is 1. The van der Waals surface area contributed by atoms with Crippen molar-refractivity contribution >= 4 is 11.9 Å². The number of piperidine rings is 1. The molecule has 130 valence electrons. The molecule has 23 heavy (non-hydrogen) atoms. The van der Waals surface area contributed by atoms with Gasteiger partial charge in [-0.25, -0.2) is 0 Å². The van der Waals surface area contributed by atoms with Gasteiger partial charge in [0.25, 0.3) is 0 Å². The lowest BCUT2D eigenvalue weighted by Crippen LogP contribution is -2.55. The Kier molecular flexibility index (Phi) is 4.95. The van der Waals surface area contributed by atoms with Crippen LogP contribution in [0.4, 0.5) is 0 Å². The first-order valence-corrected chi connectivity index (χ1v) is 9.21. The number of likely N-dealkylation sites (tertiary alicyclic amines) is 1. The molecule has 0 aromatic rings. The van der Waals surface area contributed by atoms with Gasteiger partial charge in [-0.1, -0.05) is 13.8 Å². The van der Waals surface area contributed by atoms with Gasteiger partial charge < -0.3 is 10.4 Å². The number of aliphatic carboxylic acids is 1. The minimum atomic E-state index is -0.673. The van der Waals surface area contributed by atoms with Crippen LogP contribution in [-0.4, -0.2) is 47.1 Å². The zero-order chi connectivity index (χ0) is 16.6. The van der Waals surface area contributed by atoms with Crippen molar-refractivity contribution in [1.29, 1.82) is 0 Å². The SMILES string of the molecule is C[C@H]1C[C@H](C)CN(C2CC(NC(=O)C3CC3)CCC2C(=O)O)C1. The maximum Gasteiger partial charge on any atom is 0.308 e. The second kappa shape index (κ2) is 6.80. The van der Waals surface area contributed by atoms with Crippen molar-refractivity contribution in [3.8, 4) is 0 Å². The first-order valence-electron chi connectivity index (χ1n) is 9.21. The van der Waals surface area contributed by atoms with Crippen LogP contribution in [0.3, 0.4) is 0 Å². The van der Waals surface area contributed by atoms with Gasteiger partial charge in [0.05, 0.1) is 5.92 Å². The van der Waals surface area contributed by atoms with Gasteiger partial charge in [-0.2, -0.15) is 0 Å². The van der Waals surface area contributed by atoms with Crippen molar-refractivity contribution in [3.63, 3.8) is 0 Å². The van der Waals surface area contributed by atoms with E-state index in [1.807, 2.05) is 0 Å². The van der Waals surface area contributed by atoms with E-state index in [1.54, 1.807) is 0 Å². The zero-order valence-corrected chi connectivity index (χ0v) is 14.3. The van der Waals surface area contributed by atoms with E-state index in [4.69, 9.17) is 0 Å². The van der Waals surface area contributed by atoms with E-state index in [9.17, 15) is 14.7 Å². The summed E-state index contributed by atoms with van der Waals surface area (Å²) >= 11 is 0. The molecule has 0 aromatic carbocycles. The second-order valence-electron chi connectivity index (χ2n) is 8.20. The van der Waals surface area contributed by atoms with Gasteiger partial charge in [-0.05, 0) is 50.4 Å². The lowest BCUT2D eigenvalue weighted by atomic mass is 9.78. The predicted molar refractivity (Wildman–Crippen MR) is 87.9 cm³/mol. The average Bonchev–Trinajstić information content (AvgIpc) is 3.30. The van der Waals surface area contributed by atoms with Crippen molar-refractivity contribution in [2.75, 3.05) is 13.1 Å². The molecule has 2 N–H and O–H groups in total. The third kappa shape index (κ3) is 4.06. The minimum absolute atomic E-state index is 0.0657. The van der Waals surface area contributed by atoms with Crippen molar-refractivity contribution < 1.29 is 14.7 Å². The van der Waals surface area contributed by atoms with Crippen LogP contribution in [0.15, 0.2) is 0 Å². The summed E-state index contributed by atoms with van der Waals surface area (Å²) in [4.78, 5) is 26.1. The average molecular weight is 322 g/mol. The highest BCUT2D eigenvalue weighted by molar-refractivity contribution is 5.81. The Morgan fingerprint density at radius 3 is 2.22 bits per heavy atom. The molecule has 5 heteroatoms. The number of amides is 1. The molecule has 1 amide bonds. The molecular formula is C18H30N2O3. The quantitative estimate of drug-likeness (QED) is 0.832. The van der Waals surface area contributed by atoms with Crippen LogP contribution >= 0.6 is 0 Å². The van der Waals surface area contributed by atoms with Crippen LogP contribution in [0.25, 0.3) is 0 Å². The lowest BCUT2D eigenvalue weighted by molar-refractivity contribution is -0.146. The molecule has 3 rings (SSSR count). The summed E-state index contributed by atoms with van der Waals surface area (Å²) in [6.45, 7) is 6.49. The molecule has 1 aliphatic heterocycles. The fraction of sp³-hybridized carbons (Fsp3) is 0.889. The number of carbonyl (C=O) groups excluding carboxylic acids is 1. The summed E-state index contributed by atoms with van der Waals surface area (Å²) in [6, 6.07) is 0.215. The van der Waals surface area contributed by atoms with Crippen LogP contribution in [-0.2, 0) is 9.59 Å². The molecule has 5 atom stereocenters. The highest BCUT2D eigenvalue weighted by Gasteiger charge is 2.41. The Hall–Kier alpha value is -1.10. The molecule has 2 saturated carbocycles. The summed E-state index contributed by atoms with van der Waals surface area (Å²) in [6.07, 6.45) is 5.51. The Morgan fingerprint density at radius 2 is 1.65 bits per heavy atom. The van der Waals surface area contributed by atoms with Crippen LogP contribution < -0.4 is 5.32 Å². The Balaban J connectivity index is 1.66. The number of rotatable bonds is 4. The van der Waals surface area contributed by atoms with E-state index in [-0.39, 0.29) is 29.8 Å². The largest absolute Gasteiger partial charge is 0.481 e. The first-order chi connectivity index (χ1) is 10.9. The molecule has 3 fully saturated rings. The molecule has 0 bridgehead atoms. The van der Waals surface area contributed by atoms with Crippen LogP contribution in [0.5, 0.6) is 0 Å². The number of hydrogen-bond acceptors (Lipinski definition) is 3. The summed E-state index contributed by atoms with van der Waals surface area (Å²) in [5, 5.41) is 12.8. The number of hydrogen-bond donors (Lipinski definition) is 2. The fourth-order valence-electron chi connectivity index (χ4n) is 4.62. The van der Waals surface area contributed by atoms with Gasteiger partial charge in [-0.15, -0.1) is 0 Å². The predicted octanol–water partition coefficient (Wildman–Crippen LogP) is 2.11. The molecular weight excluding hydrogens is 292 g/mol. The van der Waals surface area contributed by atoms with Crippen molar-refractivity contribution in [3.05, 3.63) is 0 Å². The third-order valence-corrected chi connectivity index (χ3v) is 5.79. The topological polar surface area (TPSA) is 69.6 Å². The van der Waals surface area contributed by atoms with Crippen molar-refractivity contribution in [2.24, 2.45) is 23.7 Å². The monoisotopic (exact) mass is 322 g/mol. The number of nitrogens with zero attached hydrogens (tertiary/aromatic N) is 1. The lowest BCUT2D eigenvalue weighted by Gasteiger charge is -2.45. The molecule has 3 unspecified atom stereocenters. The first kappa shape index (κ1) is 16.7. The van der Waals surface area contributed by atoms with E-state index in [2.05, 4.69) is 24.1 Å². The van der Waals surface area contributed by atoms with E-state index >= 15 is 0 Å². The van der Waals surface area contributed by atoms with Crippen LogP contribution in [0, 0.1) is 23.7 Å². The van der Waals surface area contributed by atoms with Crippen LogP contribution in [0.2, 0.25) is 0 Å². The highest BCUT2D eigenvalue weighted by atomic mass is 16.4.